The Kier molecular flexibility index (Phi) is 11.3. The quantitative estimate of drug-likeness (QED) is 0.693. The number of ether oxygens (including phenoxy) is 1. The third-order valence-corrected chi connectivity index (χ3v) is 2.78. The molecule has 0 radical (unpaired) electrons. The average molecular weight is 297 g/mol. The Balaban J connectivity index is 0.000000342. The highest BCUT2D eigenvalue weighted by atomic mass is 16.5. The average Bonchev–Trinajstić information content (AvgIpc) is 3.14. The Morgan fingerprint density at radius 1 is 1.19 bits per heavy atom. The molecule has 0 fully saturated rings. The van der Waals surface area contributed by atoms with Gasteiger partial charge in [-0.05, 0) is 44.8 Å². The van der Waals surface area contributed by atoms with E-state index in [-0.39, 0.29) is 13.2 Å². The van der Waals surface area contributed by atoms with Crippen LogP contribution in [0.2, 0.25) is 0 Å². The van der Waals surface area contributed by atoms with Gasteiger partial charge < -0.3 is 20.7 Å². The van der Waals surface area contributed by atoms with Crippen molar-refractivity contribution in [1.29, 1.82) is 0 Å². The number of aliphatic hydroxyl groups is 2. The summed E-state index contributed by atoms with van der Waals surface area (Å²) in [6, 6.07) is 0. The van der Waals surface area contributed by atoms with Crippen molar-refractivity contribution < 1.29 is 19.7 Å². The Labute approximate surface area is 126 Å². The van der Waals surface area contributed by atoms with Crippen LogP contribution in [0, 0.1) is 0 Å². The maximum atomic E-state index is 9.82. The molecule has 0 atom stereocenters. The van der Waals surface area contributed by atoms with E-state index in [4.69, 9.17) is 20.7 Å². The van der Waals surface area contributed by atoms with E-state index in [0.717, 1.165) is 12.8 Å². The third-order valence-electron chi connectivity index (χ3n) is 2.78. The molecule has 0 aromatic heterocycles. The predicted molar refractivity (Wildman–Crippen MR) is 83.1 cm³/mol. The summed E-state index contributed by atoms with van der Waals surface area (Å²) in [6.07, 6.45) is 11.7. The molecule has 0 saturated heterocycles. The van der Waals surface area contributed by atoms with Gasteiger partial charge in [-0.3, -0.25) is 4.79 Å². The largest absolute Gasteiger partial charge is 0.467 e. The van der Waals surface area contributed by atoms with Gasteiger partial charge in [-0.15, -0.1) is 0 Å². The van der Waals surface area contributed by atoms with Crippen molar-refractivity contribution in [2.75, 3.05) is 13.2 Å². The number of rotatable bonds is 4. The second-order valence-corrected chi connectivity index (χ2v) is 4.82. The van der Waals surface area contributed by atoms with Crippen molar-refractivity contribution in [3.05, 3.63) is 35.8 Å². The lowest BCUT2D eigenvalue weighted by Gasteiger charge is -2.05. The monoisotopic (exact) mass is 297 g/mol. The molecule has 2 rings (SSSR count). The Hall–Kier alpha value is -1.59. The summed E-state index contributed by atoms with van der Waals surface area (Å²) in [7, 11) is 0. The molecule has 120 valence electrons. The fourth-order valence-corrected chi connectivity index (χ4v) is 1.64. The van der Waals surface area contributed by atoms with Gasteiger partial charge in [0.05, 0.1) is 24.7 Å². The van der Waals surface area contributed by atoms with E-state index in [0.29, 0.717) is 5.57 Å². The van der Waals surface area contributed by atoms with Crippen LogP contribution in [0.3, 0.4) is 0 Å². The summed E-state index contributed by atoms with van der Waals surface area (Å²) in [6.45, 7) is 4.60. The molecule has 1 amide bonds. The van der Waals surface area contributed by atoms with Crippen molar-refractivity contribution in [2.45, 2.75) is 45.4 Å². The second kappa shape index (κ2) is 12.2. The number of carbonyl (C=O) groups excluding carboxylic acids is 1. The van der Waals surface area contributed by atoms with Crippen molar-refractivity contribution in [2.24, 2.45) is 5.73 Å². The van der Waals surface area contributed by atoms with Crippen molar-refractivity contribution in [1.82, 2.24) is 0 Å². The molecule has 0 bridgehead atoms. The minimum Gasteiger partial charge on any atom is -0.467 e. The van der Waals surface area contributed by atoms with E-state index in [9.17, 15) is 4.79 Å². The van der Waals surface area contributed by atoms with E-state index < -0.39 is 5.91 Å². The van der Waals surface area contributed by atoms with Crippen LogP contribution >= 0.6 is 0 Å². The molecular formula is C16H27NO4. The molecule has 0 aromatic carbocycles. The molecule has 2 aliphatic rings. The molecule has 4 N–H and O–H groups in total. The molecule has 0 aromatic rings. The second-order valence-electron chi connectivity index (χ2n) is 4.82. The lowest BCUT2D eigenvalue weighted by molar-refractivity contribution is -0.114. The molecule has 2 aliphatic carbocycles. The molecule has 0 heterocycles. The van der Waals surface area contributed by atoms with Gasteiger partial charge in [0.2, 0.25) is 5.91 Å². The zero-order chi connectivity index (χ0) is 16.1. The van der Waals surface area contributed by atoms with E-state index in [1.165, 1.54) is 37.2 Å². The number of primary amides is 1. The van der Waals surface area contributed by atoms with Gasteiger partial charge in [-0.25, -0.2) is 0 Å². The summed E-state index contributed by atoms with van der Waals surface area (Å²) in [5.74, 6) is 1.98. The molecule has 0 aliphatic heterocycles. The van der Waals surface area contributed by atoms with Crippen molar-refractivity contribution in [3.8, 4) is 0 Å². The molecule has 0 saturated carbocycles. The van der Waals surface area contributed by atoms with Gasteiger partial charge >= 0.3 is 0 Å². The van der Waals surface area contributed by atoms with Crippen molar-refractivity contribution >= 4 is 5.91 Å². The van der Waals surface area contributed by atoms with Gasteiger partial charge in [-0.2, -0.15) is 0 Å². The summed E-state index contributed by atoms with van der Waals surface area (Å²) >= 11 is 0. The van der Waals surface area contributed by atoms with E-state index in [1.807, 2.05) is 0 Å². The van der Waals surface area contributed by atoms with Gasteiger partial charge in [0.25, 0.3) is 0 Å². The Bertz CT molecular complexity index is 350. The fraction of sp³-hybridized carbons (Fsp3) is 0.562. The van der Waals surface area contributed by atoms with Crippen LogP contribution in [-0.4, -0.2) is 29.3 Å². The number of allylic oxidation sites excluding steroid dienone is 4. The molecule has 0 unspecified atom stereocenters. The highest BCUT2D eigenvalue weighted by Crippen LogP contribution is 2.26. The predicted octanol–water partition coefficient (Wildman–Crippen LogP) is 2.16. The summed E-state index contributed by atoms with van der Waals surface area (Å²) in [4.78, 5) is 9.82. The lowest BCUT2D eigenvalue weighted by atomic mass is 10.3. The third kappa shape index (κ3) is 10.8. The standard InChI is InChI=1S/C10H14O.C4H7NO.C2H6O2/c1-2-6-9(5-1)11-10-7-3-4-8-10;1-3(2)4(5)6;3-1-2-4/h5,7H,1-4,6,8H2;1H2,2H3,(H2,5,6);3-4H,1-2H2. The fourth-order valence-electron chi connectivity index (χ4n) is 1.64. The smallest absolute Gasteiger partial charge is 0.243 e. The minimum atomic E-state index is -0.435. The van der Waals surface area contributed by atoms with Gasteiger partial charge in [0.15, 0.2) is 0 Å². The van der Waals surface area contributed by atoms with Crippen molar-refractivity contribution in [3.63, 3.8) is 0 Å². The van der Waals surface area contributed by atoms with E-state index >= 15 is 0 Å². The van der Waals surface area contributed by atoms with E-state index in [2.05, 4.69) is 18.7 Å². The Morgan fingerprint density at radius 2 is 1.57 bits per heavy atom. The zero-order valence-electron chi connectivity index (χ0n) is 12.8. The van der Waals surface area contributed by atoms with Gasteiger partial charge in [-0.1, -0.05) is 6.58 Å². The van der Waals surface area contributed by atoms with Gasteiger partial charge in [0, 0.05) is 18.4 Å². The number of hydrogen-bond acceptors (Lipinski definition) is 4. The first-order valence-corrected chi connectivity index (χ1v) is 7.24. The summed E-state index contributed by atoms with van der Waals surface area (Å²) in [5, 5.41) is 15.2. The SMILES string of the molecule is C1=C(OC2=CCCC2)CCC1.C=C(C)C(N)=O.OCCO. The topological polar surface area (TPSA) is 92.8 Å². The van der Waals surface area contributed by atoms with Crippen LogP contribution in [0.4, 0.5) is 0 Å². The first kappa shape index (κ1) is 19.4. The van der Waals surface area contributed by atoms with Crippen LogP contribution < -0.4 is 5.73 Å². The highest BCUT2D eigenvalue weighted by molar-refractivity contribution is 5.90. The maximum Gasteiger partial charge on any atom is 0.243 e. The Morgan fingerprint density at radius 3 is 1.76 bits per heavy atom. The van der Waals surface area contributed by atoms with Crippen LogP contribution in [0.15, 0.2) is 35.8 Å². The highest BCUT2D eigenvalue weighted by Gasteiger charge is 2.10. The first-order valence-electron chi connectivity index (χ1n) is 7.24. The van der Waals surface area contributed by atoms with Gasteiger partial charge in [0.1, 0.15) is 0 Å². The number of carbonyl (C=O) groups is 1. The minimum absolute atomic E-state index is 0.125. The number of aliphatic hydroxyl groups excluding tert-OH is 2. The first-order chi connectivity index (χ1) is 10.0. The summed E-state index contributed by atoms with van der Waals surface area (Å²) in [5.41, 5.74) is 5.09. The lowest BCUT2D eigenvalue weighted by Crippen LogP contribution is -2.10. The molecule has 21 heavy (non-hydrogen) atoms. The van der Waals surface area contributed by atoms with Crippen LogP contribution in [0.25, 0.3) is 0 Å². The molecule has 0 spiro atoms. The number of amides is 1. The number of nitrogens with two attached hydrogens (primary N) is 1. The van der Waals surface area contributed by atoms with Crippen LogP contribution in [0.5, 0.6) is 0 Å². The van der Waals surface area contributed by atoms with Crippen LogP contribution in [0.1, 0.15) is 45.4 Å². The van der Waals surface area contributed by atoms with Crippen LogP contribution in [-0.2, 0) is 9.53 Å². The molecule has 5 nitrogen and oxygen atoms in total. The zero-order valence-corrected chi connectivity index (χ0v) is 12.8. The van der Waals surface area contributed by atoms with E-state index in [1.54, 1.807) is 6.92 Å². The molecule has 5 heteroatoms. The maximum absolute atomic E-state index is 9.82. The normalized spacial score (nSPS) is 15.8. The summed E-state index contributed by atoms with van der Waals surface area (Å²) < 4.78 is 5.69. The number of hydrogen-bond donors (Lipinski definition) is 3. The molecular weight excluding hydrogens is 270 g/mol.